The second kappa shape index (κ2) is 11.5. The van der Waals surface area contributed by atoms with Crippen molar-refractivity contribution in [2.75, 3.05) is 25.5 Å². The lowest BCUT2D eigenvalue weighted by Gasteiger charge is -2.43. The van der Waals surface area contributed by atoms with Gasteiger partial charge >= 0.3 is 0 Å². The summed E-state index contributed by atoms with van der Waals surface area (Å²) in [7, 11) is 1.83. The van der Waals surface area contributed by atoms with Crippen molar-refractivity contribution < 1.29 is 4.79 Å². The first-order valence-electron chi connectivity index (χ1n) is 9.73. The Morgan fingerprint density at radius 2 is 1.85 bits per heavy atom. The third kappa shape index (κ3) is 8.07. The van der Waals surface area contributed by atoms with Gasteiger partial charge in [0.15, 0.2) is 5.96 Å². The maximum Gasteiger partial charge on any atom is 0.221 e. The summed E-state index contributed by atoms with van der Waals surface area (Å²) in [5.41, 5.74) is 2.53. The number of guanidine groups is 1. The molecular formula is C21H35IN4O. The third-order valence-electron chi connectivity index (χ3n) is 5.09. The molecule has 3 N–H and O–H groups in total. The lowest BCUT2D eigenvalue weighted by Crippen LogP contribution is -2.47. The molecule has 152 valence electrons. The summed E-state index contributed by atoms with van der Waals surface area (Å²) in [4.78, 5) is 15.4. The topological polar surface area (TPSA) is 65.5 Å². The van der Waals surface area contributed by atoms with Crippen molar-refractivity contribution in [1.82, 2.24) is 10.6 Å². The summed E-state index contributed by atoms with van der Waals surface area (Å²) in [5.74, 6) is 1.58. The summed E-state index contributed by atoms with van der Waals surface area (Å²) in [6, 6.07) is 7.98. The van der Waals surface area contributed by atoms with E-state index in [0.717, 1.165) is 37.1 Å². The summed E-state index contributed by atoms with van der Waals surface area (Å²) in [6.07, 6.45) is 6.22. The van der Waals surface area contributed by atoms with E-state index in [1.165, 1.54) is 38.2 Å². The highest BCUT2D eigenvalue weighted by atomic mass is 127. The van der Waals surface area contributed by atoms with Crippen LogP contribution in [0.4, 0.5) is 5.69 Å². The third-order valence-corrected chi connectivity index (χ3v) is 5.09. The molecule has 27 heavy (non-hydrogen) atoms. The quantitative estimate of drug-likeness (QED) is 0.293. The number of hydrogen-bond acceptors (Lipinski definition) is 2. The molecule has 0 aliphatic heterocycles. The van der Waals surface area contributed by atoms with Gasteiger partial charge in [-0.1, -0.05) is 32.4 Å². The Morgan fingerprint density at radius 1 is 1.19 bits per heavy atom. The average molecular weight is 486 g/mol. The average Bonchev–Trinajstić information content (AvgIpc) is 2.56. The van der Waals surface area contributed by atoms with Crippen LogP contribution >= 0.6 is 24.0 Å². The van der Waals surface area contributed by atoms with Crippen LogP contribution in [0.15, 0.2) is 29.3 Å². The number of anilines is 1. The van der Waals surface area contributed by atoms with E-state index >= 15 is 0 Å². The van der Waals surface area contributed by atoms with Crippen molar-refractivity contribution in [3.8, 4) is 0 Å². The molecule has 0 atom stereocenters. The highest BCUT2D eigenvalue weighted by molar-refractivity contribution is 14.0. The first-order chi connectivity index (χ1) is 12.4. The van der Waals surface area contributed by atoms with E-state index in [9.17, 15) is 4.79 Å². The number of benzene rings is 1. The minimum Gasteiger partial charge on any atom is -0.356 e. The molecule has 0 spiro atoms. The van der Waals surface area contributed by atoms with Crippen LogP contribution in [0.2, 0.25) is 0 Å². The Morgan fingerprint density at radius 3 is 2.33 bits per heavy atom. The summed E-state index contributed by atoms with van der Waals surface area (Å²) >= 11 is 0. The summed E-state index contributed by atoms with van der Waals surface area (Å²) < 4.78 is 0. The summed E-state index contributed by atoms with van der Waals surface area (Å²) in [6.45, 7) is 7.98. The number of amides is 1. The minimum atomic E-state index is -0.0454. The van der Waals surface area contributed by atoms with E-state index in [0.29, 0.717) is 5.41 Å². The fourth-order valence-corrected chi connectivity index (χ4v) is 3.77. The molecule has 0 radical (unpaired) electrons. The molecule has 1 saturated carbocycles. The van der Waals surface area contributed by atoms with E-state index in [2.05, 4.69) is 46.9 Å². The van der Waals surface area contributed by atoms with Gasteiger partial charge in [-0.25, -0.2) is 0 Å². The molecule has 1 aliphatic rings. The van der Waals surface area contributed by atoms with E-state index in [-0.39, 0.29) is 29.9 Å². The molecule has 0 aromatic heterocycles. The van der Waals surface area contributed by atoms with E-state index < -0.39 is 0 Å². The van der Waals surface area contributed by atoms with Gasteiger partial charge in [-0.3, -0.25) is 9.79 Å². The SMILES string of the molecule is CN=C(NCCc1ccc(NC(C)=O)cc1)NCC1(CC(C)C)CCC1.I. The Labute approximate surface area is 181 Å². The molecule has 1 fully saturated rings. The van der Waals surface area contributed by atoms with Crippen LogP contribution in [-0.4, -0.2) is 32.0 Å². The predicted octanol–water partition coefficient (Wildman–Crippen LogP) is 4.19. The molecule has 5 nitrogen and oxygen atoms in total. The van der Waals surface area contributed by atoms with Gasteiger partial charge in [-0.15, -0.1) is 24.0 Å². The van der Waals surface area contributed by atoms with Crippen molar-refractivity contribution >= 4 is 41.5 Å². The lowest BCUT2D eigenvalue weighted by atomic mass is 9.64. The van der Waals surface area contributed by atoms with Crippen LogP contribution in [0.1, 0.15) is 52.0 Å². The molecule has 1 amide bonds. The van der Waals surface area contributed by atoms with Gasteiger partial charge in [-0.05, 0) is 54.7 Å². The Bertz CT molecular complexity index is 609. The standard InChI is InChI=1S/C21H34N4O.HI/c1-16(2)14-21(11-5-12-21)15-24-20(22-4)23-13-10-18-6-8-19(9-7-18)25-17(3)26;/h6-9,16H,5,10-15H2,1-4H3,(H,25,26)(H2,22,23,24);1H. The number of nitrogens with one attached hydrogen (secondary N) is 3. The molecule has 0 unspecified atom stereocenters. The zero-order valence-corrected chi connectivity index (χ0v) is 19.4. The van der Waals surface area contributed by atoms with Gasteiger partial charge < -0.3 is 16.0 Å². The first-order valence-corrected chi connectivity index (χ1v) is 9.73. The number of hydrogen-bond donors (Lipinski definition) is 3. The number of rotatable bonds is 8. The van der Waals surface area contributed by atoms with Crippen LogP contribution in [0.25, 0.3) is 0 Å². The zero-order valence-electron chi connectivity index (χ0n) is 17.1. The molecule has 1 aromatic carbocycles. The van der Waals surface area contributed by atoms with E-state index in [1.54, 1.807) is 0 Å². The maximum absolute atomic E-state index is 11.1. The van der Waals surface area contributed by atoms with Crippen LogP contribution in [-0.2, 0) is 11.2 Å². The normalized spacial score (nSPS) is 15.5. The predicted molar refractivity (Wildman–Crippen MR) is 125 cm³/mol. The number of carbonyl (C=O) groups excluding carboxylic acids is 1. The molecule has 0 bridgehead atoms. The van der Waals surface area contributed by atoms with Crippen molar-refractivity contribution in [1.29, 1.82) is 0 Å². The smallest absolute Gasteiger partial charge is 0.221 e. The van der Waals surface area contributed by atoms with Crippen molar-refractivity contribution in [3.05, 3.63) is 29.8 Å². The second-order valence-corrected chi connectivity index (χ2v) is 7.93. The number of aliphatic imine (C=N–C) groups is 1. The minimum absolute atomic E-state index is 0. The molecule has 0 saturated heterocycles. The fourth-order valence-electron chi connectivity index (χ4n) is 3.77. The lowest BCUT2D eigenvalue weighted by molar-refractivity contribution is -0.114. The van der Waals surface area contributed by atoms with Crippen LogP contribution in [0.5, 0.6) is 0 Å². The largest absolute Gasteiger partial charge is 0.356 e. The molecule has 2 rings (SSSR count). The van der Waals surface area contributed by atoms with Crippen molar-refractivity contribution in [3.63, 3.8) is 0 Å². The van der Waals surface area contributed by atoms with Crippen LogP contribution in [0, 0.1) is 11.3 Å². The maximum atomic E-state index is 11.1. The van der Waals surface area contributed by atoms with Gasteiger partial charge in [0.25, 0.3) is 0 Å². The van der Waals surface area contributed by atoms with Crippen LogP contribution < -0.4 is 16.0 Å². The number of carbonyl (C=O) groups is 1. The van der Waals surface area contributed by atoms with Gasteiger partial charge in [0.1, 0.15) is 0 Å². The van der Waals surface area contributed by atoms with Gasteiger partial charge in [0, 0.05) is 32.7 Å². The fraction of sp³-hybridized carbons (Fsp3) is 0.619. The molecule has 6 heteroatoms. The first kappa shape index (κ1) is 23.7. The van der Waals surface area contributed by atoms with Crippen molar-refractivity contribution in [2.24, 2.45) is 16.3 Å². The summed E-state index contributed by atoms with van der Waals surface area (Å²) in [5, 5.41) is 9.72. The second-order valence-electron chi connectivity index (χ2n) is 7.93. The Hall–Kier alpha value is -1.31. The molecule has 1 aliphatic carbocycles. The molecule has 1 aromatic rings. The Kier molecular flexibility index (Phi) is 10.1. The monoisotopic (exact) mass is 486 g/mol. The Balaban J connectivity index is 0.00000364. The number of nitrogens with zero attached hydrogens (tertiary/aromatic N) is 1. The van der Waals surface area contributed by atoms with Gasteiger partial charge in [0.05, 0.1) is 0 Å². The van der Waals surface area contributed by atoms with Gasteiger partial charge in [0.2, 0.25) is 5.91 Å². The van der Waals surface area contributed by atoms with E-state index in [4.69, 9.17) is 0 Å². The van der Waals surface area contributed by atoms with Gasteiger partial charge in [-0.2, -0.15) is 0 Å². The molecular weight excluding hydrogens is 451 g/mol. The molecule has 0 heterocycles. The highest BCUT2D eigenvalue weighted by Crippen LogP contribution is 2.45. The highest BCUT2D eigenvalue weighted by Gasteiger charge is 2.37. The number of halogens is 1. The van der Waals surface area contributed by atoms with Crippen LogP contribution in [0.3, 0.4) is 0 Å². The zero-order chi connectivity index (χ0) is 19.0. The van der Waals surface area contributed by atoms with Crippen molar-refractivity contribution in [2.45, 2.75) is 52.9 Å². The van der Waals surface area contributed by atoms with E-state index in [1.807, 2.05) is 19.2 Å².